The van der Waals surface area contributed by atoms with Gasteiger partial charge in [0.1, 0.15) is 0 Å². The molecule has 2 unspecified atom stereocenters. The Labute approximate surface area is 144 Å². The number of halogens is 1. The minimum atomic E-state index is -0.449. The molecule has 4 nitrogen and oxygen atoms in total. The lowest BCUT2D eigenvalue weighted by Crippen LogP contribution is -2.41. The summed E-state index contributed by atoms with van der Waals surface area (Å²) in [5.41, 5.74) is 0.929. The second-order valence-corrected chi connectivity index (χ2v) is 7.11. The van der Waals surface area contributed by atoms with Crippen LogP contribution in [0.3, 0.4) is 0 Å². The van der Waals surface area contributed by atoms with E-state index in [4.69, 9.17) is 16.3 Å². The number of hydrogen-bond donors (Lipinski definition) is 2. The van der Waals surface area contributed by atoms with Crippen LogP contribution in [0.15, 0.2) is 24.3 Å². The smallest absolute Gasteiger partial charge is 0.0900 e. The first-order valence-corrected chi connectivity index (χ1v) is 8.79. The largest absolute Gasteiger partial charge is 0.389 e. The number of β-amino-alcohol motifs (C(OH)–C–C–N with tert-alkyl or cyclic N) is 1. The van der Waals surface area contributed by atoms with Crippen LogP contribution in [0.25, 0.3) is 0 Å². The zero-order valence-corrected chi connectivity index (χ0v) is 14.7. The molecule has 0 bridgehead atoms. The lowest BCUT2D eigenvalue weighted by Gasteiger charge is -2.35. The topological polar surface area (TPSA) is 52.9 Å². The van der Waals surface area contributed by atoms with Gasteiger partial charge in [0, 0.05) is 11.6 Å². The fraction of sp³-hybridized carbons (Fsp3) is 0.667. The van der Waals surface area contributed by atoms with E-state index < -0.39 is 12.2 Å². The van der Waals surface area contributed by atoms with E-state index in [2.05, 4.69) is 4.90 Å². The van der Waals surface area contributed by atoms with Crippen molar-refractivity contribution in [3.8, 4) is 0 Å². The zero-order valence-electron chi connectivity index (χ0n) is 14.0. The first-order chi connectivity index (χ1) is 11.0. The minimum absolute atomic E-state index is 0.143. The molecule has 1 aromatic carbocycles. The standard InChI is InChI=1S/C18H28ClNO3/c1-13(2)23-12-17(21)11-20-9-7-15(8-10-20)18(22)14-3-5-16(19)6-4-14/h3-6,13,15,17-18,21-22H,7-12H2,1-2H3. The van der Waals surface area contributed by atoms with Crippen molar-refractivity contribution in [1.29, 1.82) is 0 Å². The Balaban J connectivity index is 1.76. The quantitative estimate of drug-likeness (QED) is 0.800. The molecule has 0 radical (unpaired) electrons. The highest BCUT2D eigenvalue weighted by atomic mass is 35.5. The second-order valence-electron chi connectivity index (χ2n) is 6.67. The molecule has 2 atom stereocenters. The highest BCUT2D eigenvalue weighted by molar-refractivity contribution is 6.30. The summed E-state index contributed by atoms with van der Waals surface area (Å²) in [4.78, 5) is 2.25. The van der Waals surface area contributed by atoms with Crippen LogP contribution >= 0.6 is 11.6 Å². The van der Waals surface area contributed by atoms with E-state index in [-0.39, 0.29) is 12.0 Å². The highest BCUT2D eigenvalue weighted by Crippen LogP contribution is 2.31. The van der Waals surface area contributed by atoms with Crippen molar-refractivity contribution in [3.05, 3.63) is 34.9 Å². The molecule has 1 heterocycles. The Morgan fingerprint density at radius 1 is 1.17 bits per heavy atom. The van der Waals surface area contributed by atoms with E-state index in [1.807, 2.05) is 38.1 Å². The molecule has 0 spiro atoms. The van der Waals surface area contributed by atoms with Crippen LogP contribution in [0.4, 0.5) is 0 Å². The average Bonchev–Trinajstić information content (AvgIpc) is 2.54. The van der Waals surface area contributed by atoms with Gasteiger partial charge in [0.15, 0.2) is 0 Å². The van der Waals surface area contributed by atoms with Gasteiger partial charge in [-0.25, -0.2) is 0 Å². The van der Waals surface area contributed by atoms with Crippen molar-refractivity contribution in [2.75, 3.05) is 26.2 Å². The van der Waals surface area contributed by atoms with E-state index >= 15 is 0 Å². The molecule has 1 saturated heterocycles. The third-order valence-corrected chi connectivity index (χ3v) is 4.63. The average molecular weight is 342 g/mol. The predicted octanol–water partition coefficient (Wildman–Crippen LogP) is 2.87. The zero-order chi connectivity index (χ0) is 16.8. The van der Waals surface area contributed by atoms with Crippen molar-refractivity contribution in [3.63, 3.8) is 0 Å². The SMILES string of the molecule is CC(C)OCC(O)CN1CCC(C(O)c2ccc(Cl)cc2)CC1. The highest BCUT2D eigenvalue weighted by Gasteiger charge is 2.27. The summed E-state index contributed by atoms with van der Waals surface area (Å²) in [7, 11) is 0. The lowest BCUT2D eigenvalue weighted by atomic mass is 9.87. The van der Waals surface area contributed by atoms with Gasteiger partial charge in [0.2, 0.25) is 0 Å². The second kappa shape index (κ2) is 9.00. The summed E-state index contributed by atoms with van der Waals surface area (Å²) in [6.07, 6.45) is 1.12. The number of ether oxygens (including phenoxy) is 1. The molecule has 5 heteroatoms. The van der Waals surface area contributed by atoms with Crippen LogP contribution in [-0.2, 0) is 4.74 Å². The lowest BCUT2D eigenvalue weighted by molar-refractivity contribution is -0.0174. The predicted molar refractivity (Wildman–Crippen MR) is 92.7 cm³/mol. The Hall–Kier alpha value is -0.650. The first-order valence-electron chi connectivity index (χ1n) is 8.41. The van der Waals surface area contributed by atoms with Gasteiger partial charge in [-0.1, -0.05) is 23.7 Å². The maximum atomic E-state index is 10.5. The minimum Gasteiger partial charge on any atom is -0.389 e. The summed E-state index contributed by atoms with van der Waals surface area (Å²) < 4.78 is 5.44. The van der Waals surface area contributed by atoms with Crippen molar-refractivity contribution >= 4 is 11.6 Å². The van der Waals surface area contributed by atoms with E-state index in [9.17, 15) is 10.2 Å². The van der Waals surface area contributed by atoms with Crippen LogP contribution in [0, 0.1) is 5.92 Å². The van der Waals surface area contributed by atoms with Gasteiger partial charge in [-0.05, 0) is 63.4 Å². The molecule has 0 aromatic heterocycles. The van der Waals surface area contributed by atoms with E-state index in [0.29, 0.717) is 18.2 Å². The van der Waals surface area contributed by atoms with Crippen LogP contribution in [0.1, 0.15) is 38.4 Å². The van der Waals surface area contributed by atoms with Crippen LogP contribution in [-0.4, -0.2) is 53.6 Å². The third kappa shape index (κ3) is 6.05. The Morgan fingerprint density at radius 3 is 2.35 bits per heavy atom. The fourth-order valence-corrected chi connectivity index (χ4v) is 3.16. The molecular formula is C18H28ClNO3. The summed E-state index contributed by atoms with van der Waals surface area (Å²) in [5.74, 6) is 0.261. The van der Waals surface area contributed by atoms with Gasteiger partial charge >= 0.3 is 0 Å². The molecular weight excluding hydrogens is 314 g/mol. The number of piperidine rings is 1. The molecule has 23 heavy (non-hydrogen) atoms. The number of benzene rings is 1. The molecule has 2 N–H and O–H groups in total. The van der Waals surface area contributed by atoms with Gasteiger partial charge in [0.25, 0.3) is 0 Å². The molecule has 1 fully saturated rings. The molecule has 0 aliphatic carbocycles. The number of aliphatic hydroxyl groups is 2. The van der Waals surface area contributed by atoms with Crippen molar-refractivity contribution in [2.45, 2.75) is 45.0 Å². The third-order valence-electron chi connectivity index (χ3n) is 4.38. The van der Waals surface area contributed by atoms with Gasteiger partial charge in [-0.2, -0.15) is 0 Å². The summed E-state index contributed by atoms with van der Waals surface area (Å²) in [6, 6.07) is 7.43. The summed E-state index contributed by atoms with van der Waals surface area (Å²) >= 11 is 5.89. The van der Waals surface area contributed by atoms with Gasteiger partial charge in [0.05, 0.1) is 24.9 Å². The fourth-order valence-electron chi connectivity index (χ4n) is 3.04. The number of aliphatic hydroxyl groups excluding tert-OH is 2. The van der Waals surface area contributed by atoms with E-state index in [1.54, 1.807) is 0 Å². The van der Waals surface area contributed by atoms with Crippen molar-refractivity contribution in [1.82, 2.24) is 4.90 Å². The van der Waals surface area contributed by atoms with Crippen LogP contribution in [0.2, 0.25) is 5.02 Å². The van der Waals surface area contributed by atoms with Crippen molar-refractivity contribution in [2.24, 2.45) is 5.92 Å². The summed E-state index contributed by atoms with van der Waals surface area (Å²) in [6.45, 7) is 6.75. The van der Waals surface area contributed by atoms with Gasteiger partial charge in [-0.3, -0.25) is 0 Å². The molecule has 1 aromatic rings. The normalized spacial score (nSPS) is 19.9. The molecule has 2 rings (SSSR count). The Morgan fingerprint density at radius 2 is 1.78 bits per heavy atom. The molecule has 1 aliphatic rings. The first kappa shape index (κ1) is 18.7. The van der Waals surface area contributed by atoms with Crippen molar-refractivity contribution < 1.29 is 14.9 Å². The monoisotopic (exact) mass is 341 g/mol. The maximum Gasteiger partial charge on any atom is 0.0900 e. The summed E-state index contributed by atoms with van der Waals surface area (Å²) in [5, 5.41) is 21.2. The van der Waals surface area contributed by atoms with E-state index in [0.717, 1.165) is 31.5 Å². The van der Waals surface area contributed by atoms with Crippen LogP contribution in [0.5, 0.6) is 0 Å². The van der Waals surface area contributed by atoms with Gasteiger partial charge < -0.3 is 19.8 Å². The Kier molecular flexibility index (Phi) is 7.31. The van der Waals surface area contributed by atoms with Crippen LogP contribution < -0.4 is 0 Å². The molecule has 0 saturated carbocycles. The number of likely N-dealkylation sites (tertiary alicyclic amines) is 1. The van der Waals surface area contributed by atoms with Gasteiger partial charge in [-0.15, -0.1) is 0 Å². The number of rotatable bonds is 7. The molecule has 1 aliphatic heterocycles. The molecule has 0 amide bonds. The van der Waals surface area contributed by atoms with E-state index in [1.165, 1.54) is 0 Å². The maximum absolute atomic E-state index is 10.5. The Bertz CT molecular complexity index is 458. The number of nitrogens with zero attached hydrogens (tertiary/aromatic N) is 1. The molecule has 130 valence electrons. The number of hydrogen-bond acceptors (Lipinski definition) is 4.